The van der Waals surface area contributed by atoms with Gasteiger partial charge in [0.1, 0.15) is 0 Å². The van der Waals surface area contributed by atoms with E-state index >= 15 is 0 Å². The molecule has 0 bridgehead atoms. The van der Waals surface area contributed by atoms with Gasteiger partial charge in [-0.25, -0.2) is 0 Å². The minimum absolute atomic E-state index is 0.322. The Bertz CT molecular complexity index is 197. The predicted molar refractivity (Wildman–Crippen MR) is 71.1 cm³/mol. The van der Waals surface area contributed by atoms with Crippen LogP contribution in [0.3, 0.4) is 0 Å². The van der Waals surface area contributed by atoms with Gasteiger partial charge in [0.2, 0.25) is 0 Å². The molecule has 1 aliphatic rings. The van der Waals surface area contributed by atoms with E-state index in [4.69, 9.17) is 4.74 Å². The zero-order valence-corrected chi connectivity index (χ0v) is 11.6. The zero-order valence-electron chi connectivity index (χ0n) is 11.6. The Hall–Kier alpha value is -0.120. The Morgan fingerprint density at radius 2 is 2.12 bits per heavy atom. The summed E-state index contributed by atoms with van der Waals surface area (Å²) in [5.74, 6) is 1.68. The summed E-state index contributed by atoms with van der Waals surface area (Å²) < 4.78 is 4.92. The van der Waals surface area contributed by atoms with E-state index in [0.717, 1.165) is 24.8 Å². The third-order valence-corrected chi connectivity index (χ3v) is 3.93. The fourth-order valence-electron chi connectivity index (χ4n) is 2.75. The van der Waals surface area contributed by atoms with Gasteiger partial charge in [-0.2, -0.15) is 0 Å². The molecular weight excluding hydrogens is 214 g/mol. The van der Waals surface area contributed by atoms with Crippen molar-refractivity contribution in [2.45, 2.75) is 58.1 Å². The zero-order chi connectivity index (χ0) is 12.7. The molecule has 0 saturated heterocycles. The molecule has 2 N–H and O–H groups in total. The quantitative estimate of drug-likeness (QED) is 0.720. The minimum Gasteiger partial charge on any atom is -0.391 e. The third-order valence-electron chi connectivity index (χ3n) is 3.93. The van der Waals surface area contributed by atoms with Gasteiger partial charge in [0, 0.05) is 13.2 Å². The van der Waals surface area contributed by atoms with Gasteiger partial charge in [0.05, 0.1) is 12.7 Å². The highest BCUT2D eigenvalue weighted by Crippen LogP contribution is 2.29. The molecule has 0 heterocycles. The van der Waals surface area contributed by atoms with Crippen molar-refractivity contribution in [3.05, 3.63) is 0 Å². The van der Waals surface area contributed by atoms with Crippen molar-refractivity contribution in [1.29, 1.82) is 0 Å². The number of rotatable bonds is 7. The Labute approximate surface area is 106 Å². The van der Waals surface area contributed by atoms with Gasteiger partial charge in [-0.3, -0.25) is 0 Å². The summed E-state index contributed by atoms with van der Waals surface area (Å²) in [6, 6.07) is 0.658. The summed E-state index contributed by atoms with van der Waals surface area (Å²) in [4.78, 5) is 0. The summed E-state index contributed by atoms with van der Waals surface area (Å²) in [6.45, 7) is 6.01. The van der Waals surface area contributed by atoms with Gasteiger partial charge in [-0.1, -0.05) is 26.7 Å². The molecule has 0 aromatic heterocycles. The fraction of sp³-hybridized carbons (Fsp3) is 1.00. The Morgan fingerprint density at radius 3 is 2.76 bits per heavy atom. The van der Waals surface area contributed by atoms with Crippen molar-refractivity contribution in [2.75, 3.05) is 20.3 Å². The molecule has 1 rings (SSSR count). The van der Waals surface area contributed by atoms with E-state index < -0.39 is 0 Å². The number of methoxy groups -OCH3 is 1. The summed E-state index contributed by atoms with van der Waals surface area (Å²) in [6.07, 6.45) is 5.80. The SMILES string of the molecule is COCC(O)CCNC1CCCC(C(C)C)C1. The maximum absolute atomic E-state index is 9.55. The highest BCUT2D eigenvalue weighted by Gasteiger charge is 2.23. The normalized spacial score (nSPS) is 27.4. The molecule has 3 atom stereocenters. The number of nitrogens with one attached hydrogen (secondary N) is 1. The van der Waals surface area contributed by atoms with Crippen LogP contribution in [-0.2, 0) is 4.74 Å². The second kappa shape index (κ2) is 8.06. The summed E-state index contributed by atoms with van der Waals surface area (Å²) in [7, 11) is 1.63. The lowest BCUT2D eigenvalue weighted by atomic mass is 9.79. The molecule has 102 valence electrons. The summed E-state index contributed by atoms with van der Waals surface area (Å²) in [5.41, 5.74) is 0. The largest absolute Gasteiger partial charge is 0.391 e. The number of hydrogen-bond donors (Lipinski definition) is 2. The van der Waals surface area contributed by atoms with Crippen LogP contribution in [0.15, 0.2) is 0 Å². The molecule has 17 heavy (non-hydrogen) atoms. The van der Waals surface area contributed by atoms with Gasteiger partial charge in [-0.05, 0) is 37.6 Å². The van der Waals surface area contributed by atoms with Crippen LogP contribution in [0.4, 0.5) is 0 Å². The van der Waals surface area contributed by atoms with E-state index in [2.05, 4.69) is 19.2 Å². The molecule has 3 nitrogen and oxygen atoms in total. The van der Waals surface area contributed by atoms with Gasteiger partial charge in [0.15, 0.2) is 0 Å². The van der Waals surface area contributed by atoms with Crippen LogP contribution in [0.25, 0.3) is 0 Å². The van der Waals surface area contributed by atoms with Gasteiger partial charge in [-0.15, -0.1) is 0 Å². The molecule has 0 radical (unpaired) electrons. The summed E-state index contributed by atoms with van der Waals surface area (Å²) >= 11 is 0. The van der Waals surface area contributed by atoms with Crippen molar-refractivity contribution < 1.29 is 9.84 Å². The molecule has 1 saturated carbocycles. The highest BCUT2D eigenvalue weighted by atomic mass is 16.5. The summed E-state index contributed by atoms with van der Waals surface area (Å²) in [5, 5.41) is 13.1. The molecule has 1 fully saturated rings. The average Bonchev–Trinajstić information content (AvgIpc) is 2.30. The third kappa shape index (κ3) is 5.84. The molecule has 0 spiro atoms. The van der Waals surface area contributed by atoms with Crippen LogP contribution in [0.2, 0.25) is 0 Å². The van der Waals surface area contributed by atoms with Gasteiger partial charge < -0.3 is 15.2 Å². The maximum Gasteiger partial charge on any atom is 0.0785 e. The van der Waals surface area contributed by atoms with Crippen LogP contribution in [0.1, 0.15) is 46.0 Å². The lowest BCUT2D eigenvalue weighted by Crippen LogP contribution is -2.37. The van der Waals surface area contributed by atoms with Crippen molar-refractivity contribution in [1.82, 2.24) is 5.32 Å². The lowest BCUT2D eigenvalue weighted by molar-refractivity contribution is 0.0584. The topological polar surface area (TPSA) is 41.5 Å². The van der Waals surface area contributed by atoms with Gasteiger partial charge >= 0.3 is 0 Å². The first kappa shape index (κ1) is 14.9. The molecular formula is C14H29NO2. The number of aliphatic hydroxyl groups excluding tert-OH is 1. The second-order valence-corrected chi connectivity index (χ2v) is 5.72. The van der Waals surface area contributed by atoms with E-state index in [1.807, 2.05) is 0 Å². The maximum atomic E-state index is 9.55. The second-order valence-electron chi connectivity index (χ2n) is 5.72. The van der Waals surface area contributed by atoms with E-state index in [0.29, 0.717) is 12.6 Å². The van der Waals surface area contributed by atoms with Crippen molar-refractivity contribution in [2.24, 2.45) is 11.8 Å². The fourth-order valence-corrected chi connectivity index (χ4v) is 2.75. The van der Waals surface area contributed by atoms with E-state index in [9.17, 15) is 5.11 Å². The highest BCUT2D eigenvalue weighted by molar-refractivity contribution is 4.79. The van der Waals surface area contributed by atoms with Crippen molar-refractivity contribution in [3.63, 3.8) is 0 Å². The van der Waals surface area contributed by atoms with Crippen molar-refractivity contribution in [3.8, 4) is 0 Å². The lowest BCUT2D eigenvalue weighted by Gasteiger charge is -2.32. The Morgan fingerprint density at radius 1 is 1.35 bits per heavy atom. The Balaban J connectivity index is 2.14. The van der Waals surface area contributed by atoms with E-state index in [1.54, 1.807) is 7.11 Å². The standard InChI is InChI=1S/C14H29NO2/c1-11(2)12-5-4-6-13(9-12)15-8-7-14(16)10-17-3/h11-16H,4-10H2,1-3H3. The predicted octanol–water partition coefficient (Wildman–Crippen LogP) is 2.19. The van der Waals surface area contributed by atoms with E-state index in [1.165, 1.54) is 25.7 Å². The first-order valence-electron chi connectivity index (χ1n) is 7.03. The number of ether oxygens (including phenoxy) is 1. The van der Waals surface area contributed by atoms with Crippen molar-refractivity contribution >= 4 is 0 Å². The molecule has 0 amide bonds. The minimum atomic E-state index is -0.322. The number of aliphatic hydroxyl groups is 1. The average molecular weight is 243 g/mol. The van der Waals surface area contributed by atoms with E-state index in [-0.39, 0.29) is 6.10 Å². The molecule has 1 aliphatic carbocycles. The van der Waals surface area contributed by atoms with Gasteiger partial charge in [0.25, 0.3) is 0 Å². The smallest absolute Gasteiger partial charge is 0.0785 e. The van der Waals surface area contributed by atoms with Crippen LogP contribution in [0, 0.1) is 11.8 Å². The molecule has 0 aromatic rings. The van der Waals surface area contributed by atoms with Crippen LogP contribution < -0.4 is 5.32 Å². The van der Waals surface area contributed by atoms with Crippen LogP contribution in [0.5, 0.6) is 0 Å². The number of hydrogen-bond acceptors (Lipinski definition) is 3. The van der Waals surface area contributed by atoms with Crippen LogP contribution >= 0.6 is 0 Å². The molecule has 0 aliphatic heterocycles. The van der Waals surface area contributed by atoms with Crippen LogP contribution in [-0.4, -0.2) is 37.5 Å². The molecule has 3 unspecified atom stereocenters. The Kier molecular flexibility index (Phi) is 7.09. The molecule has 0 aromatic carbocycles. The molecule has 3 heteroatoms. The first-order chi connectivity index (χ1) is 8.13. The monoisotopic (exact) mass is 243 g/mol. The first-order valence-corrected chi connectivity index (χ1v) is 7.03.